The average Bonchev–Trinajstić information content (AvgIpc) is 2.85. The molecule has 0 bridgehead atoms. The molecule has 1 aromatic heterocycles. The molecule has 2 rings (SSSR count). The van der Waals surface area contributed by atoms with E-state index in [-0.39, 0.29) is 16.9 Å². The fourth-order valence-corrected chi connectivity index (χ4v) is 2.03. The molecule has 0 aliphatic carbocycles. The van der Waals surface area contributed by atoms with Gasteiger partial charge in [0.2, 0.25) is 0 Å². The van der Waals surface area contributed by atoms with Crippen LogP contribution in [0.2, 0.25) is 5.22 Å². The van der Waals surface area contributed by atoms with Gasteiger partial charge in [-0.1, -0.05) is 32.0 Å². The van der Waals surface area contributed by atoms with Crippen LogP contribution < -0.4 is 5.32 Å². The van der Waals surface area contributed by atoms with Gasteiger partial charge >= 0.3 is 0 Å². The molecule has 3 nitrogen and oxygen atoms in total. The van der Waals surface area contributed by atoms with Gasteiger partial charge < -0.3 is 9.73 Å². The highest BCUT2D eigenvalue weighted by molar-refractivity contribution is 6.29. The highest BCUT2D eigenvalue weighted by atomic mass is 35.5. The van der Waals surface area contributed by atoms with Crippen LogP contribution in [-0.4, -0.2) is 5.91 Å². The molecule has 0 saturated heterocycles. The molecule has 0 fully saturated rings. The predicted octanol–water partition coefficient (Wildman–Crippen LogP) is 4.70. The van der Waals surface area contributed by atoms with Crippen LogP contribution in [0.3, 0.4) is 0 Å². The lowest BCUT2D eigenvalue weighted by molar-refractivity contribution is 0.0996. The van der Waals surface area contributed by atoms with Crippen molar-refractivity contribution in [3.63, 3.8) is 0 Å². The van der Waals surface area contributed by atoms with Crippen LogP contribution in [0.1, 0.15) is 42.3 Å². The van der Waals surface area contributed by atoms with Gasteiger partial charge in [0.15, 0.2) is 11.0 Å². The Kier molecular flexibility index (Phi) is 4.27. The number of carbonyl (C=O) groups is 1. The molecular formula is C15H16ClNO2. The van der Waals surface area contributed by atoms with Crippen molar-refractivity contribution in [1.29, 1.82) is 0 Å². The van der Waals surface area contributed by atoms with Crippen LogP contribution in [0.15, 0.2) is 40.8 Å². The molecule has 0 spiro atoms. The first-order valence-electron chi connectivity index (χ1n) is 6.27. The summed E-state index contributed by atoms with van der Waals surface area (Å²) >= 11 is 5.66. The molecule has 1 atom stereocenters. The zero-order valence-corrected chi connectivity index (χ0v) is 11.7. The molecule has 0 aliphatic rings. The summed E-state index contributed by atoms with van der Waals surface area (Å²) < 4.78 is 5.10. The van der Waals surface area contributed by atoms with E-state index in [4.69, 9.17) is 16.0 Å². The van der Waals surface area contributed by atoms with Crippen LogP contribution in [0.25, 0.3) is 0 Å². The van der Waals surface area contributed by atoms with Crippen molar-refractivity contribution < 1.29 is 9.21 Å². The quantitative estimate of drug-likeness (QED) is 0.880. The lowest BCUT2D eigenvalue weighted by Crippen LogP contribution is -2.13. The van der Waals surface area contributed by atoms with Gasteiger partial charge in [0, 0.05) is 5.69 Å². The fourth-order valence-electron chi connectivity index (χ4n) is 1.88. The lowest BCUT2D eigenvalue weighted by atomic mass is 9.97. The smallest absolute Gasteiger partial charge is 0.291 e. The molecule has 1 unspecified atom stereocenters. The Morgan fingerprint density at radius 2 is 2.05 bits per heavy atom. The van der Waals surface area contributed by atoms with Gasteiger partial charge in [-0.3, -0.25) is 4.79 Å². The number of halogens is 1. The van der Waals surface area contributed by atoms with Crippen LogP contribution >= 0.6 is 11.6 Å². The summed E-state index contributed by atoms with van der Waals surface area (Å²) in [5, 5.41) is 3.07. The van der Waals surface area contributed by atoms with Gasteiger partial charge in [-0.25, -0.2) is 0 Å². The third kappa shape index (κ3) is 3.18. The number of hydrogen-bond donors (Lipinski definition) is 1. The fraction of sp³-hybridized carbons (Fsp3) is 0.267. The van der Waals surface area contributed by atoms with Crippen molar-refractivity contribution in [2.75, 3.05) is 5.32 Å². The average molecular weight is 278 g/mol. The second-order valence-corrected chi connectivity index (χ2v) is 4.83. The number of furan rings is 1. The molecule has 4 heteroatoms. The molecule has 0 aliphatic heterocycles. The van der Waals surface area contributed by atoms with Gasteiger partial charge in [0.25, 0.3) is 5.91 Å². The van der Waals surface area contributed by atoms with Crippen molar-refractivity contribution >= 4 is 23.2 Å². The van der Waals surface area contributed by atoms with Crippen LogP contribution in [0.5, 0.6) is 0 Å². The molecule has 19 heavy (non-hydrogen) atoms. The van der Waals surface area contributed by atoms with Crippen molar-refractivity contribution in [2.24, 2.45) is 0 Å². The maximum absolute atomic E-state index is 12.0. The monoisotopic (exact) mass is 277 g/mol. The predicted molar refractivity (Wildman–Crippen MR) is 76.8 cm³/mol. The molecule has 0 saturated carbocycles. The first-order valence-corrected chi connectivity index (χ1v) is 6.65. The summed E-state index contributed by atoms with van der Waals surface area (Å²) in [5.41, 5.74) is 1.94. The summed E-state index contributed by atoms with van der Waals surface area (Å²) in [7, 11) is 0. The summed E-state index contributed by atoms with van der Waals surface area (Å²) in [6.07, 6.45) is 1.01. The molecule has 2 aromatic rings. The minimum atomic E-state index is -0.289. The third-order valence-corrected chi connectivity index (χ3v) is 3.35. The summed E-state index contributed by atoms with van der Waals surface area (Å²) in [5.74, 6) is 0.309. The van der Waals surface area contributed by atoms with Crippen LogP contribution in [0, 0.1) is 0 Å². The Hall–Kier alpha value is -1.74. The highest BCUT2D eigenvalue weighted by Crippen LogP contribution is 2.27. The number of nitrogens with one attached hydrogen (secondary N) is 1. The van der Waals surface area contributed by atoms with Crippen LogP contribution in [0.4, 0.5) is 5.69 Å². The van der Waals surface area contributed by atoms with E-state index in [9.17, 15) is 4.79 Å². The SMILES string of the molecule is CCC(C)c1ccccc1NC(=O)c1ccc(Cl)o1. The number of para-hydroxylation sites is 1. The van der Waals surface area contributed by atoms with Gasteiger partial charge in [0.05, 0.1) is 0 Å². The lowest BCUT2D eigenvalue weighted by Gasteiger charge is -2.15. The number of rotatable bonds is 4. The molecule has 0 radical (unpaired) electrons. The Balaban J connectivity index is 2.21. The van der Waals surface area contributed by atoms with Crippen LogP contribution in [-0.2, 0) is 0 Å². The second-order valence-electron chi connectivity index (χ2n) is 4.45. The molecule has 100 valence electrons. The summed E-state index contributed by atoms with van der Waals surface area (Å²) in [4.78, 5) is 12.0. The van der Waals surface area contributed by atoms with E-state index in [1.54, 1.807) is 12.1 Å². The van der Waals surface area contributed by atoms with Crippen molar-refractivity contribution in [1.82, 2.24) is 0 Å². The van der Waals surface area contributed by atoms with Gasteiger partial charge in [-0.15, -0.1) is 0 Å². The zero-order valence-electron chi connectivity index (χ0n) is 10.9. The van der Waals surface area contributed by atoms with Crippen molar-refractivity contribution in [2.45, 2.75) is 26.2 Å². The second kappa shape index (κ2) is 5.93. The van der Waals surface area contributed by atoms with Crippen molar-refractivity contribution in [3.05, 3.63) is 52.9 Å². The standard InChI is InChI=1S/C15H16ClNO2/c1-3-10(2)11-6-4-5-7-12(11)17-15(18)13-8-9-14(16)19-13/h4-10H,3H2,1-2H3,(H,17,18). The Morgan fingerprint density at radius 1 is 1.32 bits per heavy atom. The third-order valence-electron chi connectivity index (χ3n) is 3.15. The number of hydrogen-bond acceptors (Lipinski definition) is 2. The normalized spacial score (nSPS) is 12.2. The summed E-state index contributed by atoms with van der Waals surface area (Å²) in [6.45, 7) is 4.25. The maximum atomic E-state index is 12.0. The van der Waals surface area contributed by atoms with E-state index in [1.807, 2.05) is 24.3 Å². The molecule has 1 heterocycles. The van der Waals surface area contributed by atoms with E-state index in [2.05, 4.69) is 19.2 Å². The largest absolute Gasteiger partial charge is 0.440 e. The number of carbonyl (C=O) groups excluding carboxylic acids is 1. The minimum Gasteiger partial charge on any atom is -0.440 e. The molecule has 1 amide bonds. The molecule has 1 N–H and O–H groups in total. The Bertz CT molecular complexity index is 577. The van der Waals surface area contributed by atoms with Gasteiger partial charge in [0.1, 0.15) is 0 Å². The number of benzene rings is 1. The molecule has 1 aromatic carbocycles. The Morgan fingerprint density at radius 3 is 2.68 bits per heavy atom. The number of amides is 1. The summed E-state index contributed by atoms with van der Waals surface area (Å²) in [6, 6.07) is 10.9. The first-order chi connectivity index (χ1) is 9.11. The number of anilines is 1. The van der Waals surface area contributed by atoms with E-state index < -0.39 is 0 Å². The first kappa shape index (κ1) is 13.7. The van der Waals surface area contributed by atoms with Gasteiger partial charge in [-0.2, -0.15) is 0 Å². The van der Waals surface area contributed by atoms with E-state index in [0.29, 0.717) is 5.92 Å². The van der Waals surface area contributed by atoms with Gasteiger partial charge in [-0.05, 0) is 47.7 Å². The maximum Gasteiger partial charge on any atom is 0.291 e. The Labute approximate surface area is 117 Å². The molecular weight excluding hydrogens is 262 g/mol. The van der Waals surface area contributed by atoms with E-state index in [1.165, 1.54) is 0 Å². The zero-order chi connectivity index (χ0) is 13.8. The van der Waals surface area contributed by atoms with E-state index in [0.717, 1.165) is 17.7 Å². The topological polar surface area (TPSA) is 42.2 Å². The highest BCUT2D eigenvalue weighted by Gasteiger charge is 2.14. The minimum absolute atomic E-state index is 0.209. The van der Waals surface area contributed by atoms with E-state index >= 15 is 0 Å². The van der Waals surface area contributed by atoms with Crippen molar-refractivity contribution in [3.8, 4) is 0 Å².